The van der Waals surface area contributed by atoms with Gasteiger partial charge in [-0.3, -0.25) is 4.79 Å². The first kappa shape index (κ1) is 14.8. The lowest BCUT2D eigenvalue weighted by Crippen LogP contribution is -2.36. The number of fused-ring (bicyclic) bond motifs is 2. The van der Waals surface area contributed by atoms with E-state index in [4.69, 9.17) is 0 Å². The molecular weight excluding hydrogens is 284 g/mol. The van der Waals surface area contributed by atoms with E-state index in [1.807, 2.05) is 26.8 Å². The van der Waals surface area contributed by atoms with Crippen molar-refractivity contribution in [1.29, 1.82) is 0 Å². The number of ketones is 1. The summed E-state index contributed by atoms with van der Waals surface area (Å²) in [6.07, 6.45) is 2.51. The fourth-order valence-electron chi connectivity index (χ4n) is 3.87. The molecule has 1 aromatic rings. The predicted octanol–water partition coefficient (Wildman–Crippen LogP) is 3.15. The number of Topliss-reactive ketones (excluding diaryl/α,β-unsaturated/α-hetero) is 1. The fourth-order valence-corrected chi connectivity index (χ4v) is 6.34. The number of sulfone groups is 1. The molecule has 2 fully saturated rings. The molecule has 2 saturated heterocycles. The molecule has 2 unspecified atom stereocenters. The number of benzene rings is 1. The molecule has 4 heteroatoms. The average molecular weight is 306 g/mol. The van der Waals surface area contributed by atoms with Crippen LogP contribution in [0.2, 0.25) is 0 Å². The van der Waals surface area contributed by atoms with Crippen LogP contribution >= 0.6 is 0 Å². The largest absolute Gasteiger partial charge is 0.294 e. The third-order valence-electron chi connectivity index (χ3n) is 5.31. The van der Waals surface area contributed by atoms with Crippen LogP contribution in [0.15, 0.2) is 12.1 Å². The minimum Gasteiger partial charge on any atom is -0.294 e. The number of hydrogen-bond acceptors (Lipinski definition) is 3. The minimum atomic E-state index is -2.95. The zero-order valence-corrected chi connectivity index (χ0v) is 13.7. The second-order valence-electron chi connectivity index (χ2n) is 6.69. The van der Waals surface area contributed by atoms with Crippen molar-refractivity contribution >= 4 is 15.6 Å². The highest BCUT2D eigenvalue weighted by Gasteiger charge is 2.48. The Morgan fingerprint density at radius 2 is 1.48 bits per heavy atom. The van der Waals surface area contributed by atoms with Crippen molar-refractivity contribution in [2.75, 3.05) is 0 Å². The van der Waals surface area contributed by atoms with Crippen LogP contribution in [0.3, 0.4) is 0 Å². The van der Waals surface area contributed by atoms with E-state index < -0.39 is 9.84 Å². The number of aryl methyl sites for hydroxylation is 3. The van der Waals surface area contributed by atoms with Crippen LogP contribution in [0.5, 0.6) is 0 Å². The van der Waals surface area contributed by atoms with Crippen molar-refractivity contribution in [3.63, 3.8) is 0 Å². The molecule has 3 nitrogen and oxygen atoms in total. The second kappa shape index (κ2) is 4.94. The van der Waals surface area contributed by atoms with Crippen LogP contribution in [0.4, 0.5) is 0 Å². The summed E-state index contributed by atoms with van der Waals surface area (Å²) in [5, 5.41) is -0.561. The van der Waals surface area contributed by atoms with Gasteiger partial charge in [0, 0.05) is 11.5 Å². The Labute approximate surface area is 126 Å². The lowest BCUT2D eigenvalue weighted by Gasteiger charge is -2.27. The molecule has 21 heavy (non-hydrogen) atoms. The van der Waals surface area contributed by atoms with E-state index in [2.05, 4.69) is 6.07 Å². The number of carbonyl (C=O) groups is 1. The maximum absolute atomic E-state index is 12.8. The molecule has 0 aliphatic carbocycles. The van der Waals surface area contributed by atoms with Crippen molar-refractivity contribution < 1.29 is 13.2 Å². The third kappa shape index (κ3) is 2.33. The van der Waals surface area contributed by atoms with Crippen molar-refractivity contribution in [1.82, 2.24) is 0 Å². The normalized spacial score (nSPS) is 30.3. The number of carbonyl (C=O) groups excluding carboxylic acids is 1. The number of rotatable bonds is 2. The fraction of sp³-hybridized carbons (Fsp3) is 0.588. The van der Waals surface area contributed by atoms with Crippen molar-refractivity contribution in [2.24, 2.45) is 5.92 Å². The van der Waals surface area contributed by atoms with E-state index >= 15 is 0 Å². The summed E-state index contributed by atoms with van der Waals surface area (Å²) in [5.74, 6) is 0.0224. The summed E-state index contributed by atoms with van der Waals surface area (Å²) < 4.78 is 24.3. The zero-order valence-electron chi connectivity index (χ0n) is 12.8. The first-order chi connectivity index (χ1) is 9.80. The molecule has 0 saturated carbocycles. The Morgan fingerprint density at radius 1 is 0.952 bits per heavy atom. The molecule has 3 rings (SSSR count). The van der Waals surface area contributed by atoms with Crippen LogP contribution in [0, 0.1) is 26.7 Å². The molecule has 0 aromatic heterocycles. The lowest BCUT2D eigenvalue weighted by molar-refractivity contribution is 0.0904. The summed E-state index contributed by atoms with van der Waals surface area (Å²) in [5.41, 5.74) is 4.09. The number of hydrogen-bond donors (Lipinski definition) is 0. The molecule has 0 N–H and O–H groups in total. The topological polar surface area (TPSA) is 51.2 Å². The molecular formula is C17H22O3S. The van der Waals surface area contributed by atoms with Gasteiger partial charge in [0.25, 0.3) is 0 Å². The second-order valence-corrected chi connectivity index (χ2v) is 9.21. The van der Waals surface area contributed by atoms with E-state index in [-0.39, 0.29) is 22.2 Å². The monoisotopic (exact) mass is 306 g/mol. The Morgan fingerprint density at radius 3 is 2.05 bits per heavy atom. The van der Waals surface area contributed by atoms with Gasteiger partial charge in [0.15, 0.2) is 15.6 Å². The van der Waals surface area contributed by atoms with Crippen LogP contribution in [0.25, 0.3) is 0 Å². The summed E-state index contributed by atoms with van der Waals surface area (Å²) in [6.45, 7) is 6.03. The van der Waals surface area contributed by atoms with Crippen LogP contribution in [-0.2, 0) is 9.84 Å². The third-order valence-corrected chi connectivity index (χ3v) is 8.03. The van der Waals surface area contributed by atoms with Crippen LogP contribution < -0.4 is 0 Å². The summed E-state index contributed by atoms with van der Waals surface area (Å²) in [7, 11) is -2.95. The van der Waals surface area contributed by atoms with Gasteiger partial charge in [0.2, 0.25) is 0 Å². The van der Waals surface area contributed by atoms with Crippen molar-refractivity contribution in [3.8, 4) is 0 Å². The molecule has 1 aromatic carbocycles. The van der Waals surface area contributed by atoms with Gasteiger partial charge in [-0.15, -0.1) is 0 Å². The predicted molar refractivity (Wildman–Crippen MR) is 83.4 cm³/mol. The average Bonchev–Trinajstić information content (AvgIpc) is 2.62. The molecule has 2 heterocycles. The summed E-state index contributed by atoms with van der Waals surface area (Å²) in [6, 6.07) is 4.02. The maximum Gasteiger partial charge on any atom is 0.166 e. The van der Waals surface area contributed by atoms with Gasteiger partial charge in [-0.05, 0) is 69.2 Å². The standard InChI is InChI=1S/C17H22O3S/c1-10-6-12(3)16(7-11(10)2)17(18)13-8-14-4-5-15(9-13)21(14,19)20/h6-7,13-15H,4-5,8-9H2,1-3H3. The van der Waals surface area contributed by atoms with Crippen LogP contribution in [0.1, 0.15) is 52.7 Å². The Balaban J connectivity index is 1.90. The van der Waals surface area contributed by atoms with Crippen molar-refractivity contribution in [2.45, 2.75) is 57.0 Å². The van der Waals surface area contributed by atoms with Gasteiger partial charge >= 0.3 is 0 Å². The molecule has 2 atom stereocenters. The molecule has 2 aliphatic heterocycles. The van der Waals surface area contributed by atoms with Crippen molar-refractivity contribution in [3.05, 3.63) is 34.4 Å². The Bertz CT molecular complexity index is 683. The molecule has 2 aliphatic rings. The smallest absolute Gasteiger partial charge is 0.166 e. The zero-order chi connectivity index (χ0) is 15.4. The molecule has 0 spiro atoms. The Kier molecular flexibility index (Phi) is 3.47. The van der Waals surface area contributed by atoms with E-state index in [0.29, 0.717) is 12.8 Å². The highest BCUT2D eigenvalue weighted by molar-refractivity contribution is 7.93. The minimum absolute atomic E-state index is 0.119. The van der Waals surface area contributed by atoms with E-state index in [9.17, 15) is 13.2 Å². The highest BCUT2D eigenvalue weighted by Crippen LogP contribution is 2.42. The Hall–Kier alpha value is -1.16. The summed E-state index contributed by atoms with van der Waals surface area (Å²) in [4.78, 5) is 12.8. The van der Waals surface area contributed by atoms with Gasteiger partial charge in [-0.25, -0.2) is 8.42 Å². The molecule has 0 radical (unpaired) electrons. The van der Waals surface area contributed by atoms with Gasteiger partial charge in [-0.1, -0.05) is 6.07 Å². The maximum atomic E-state index is 12.8. The van der Waals surface area contributed by atoms with Gasteiger partial charge < -0.3 is 0 Å². The van der Waals surface area contributed by atoms with Crippen LogP contribution in [-0.4, -0.2) is 24.7 Å². The van der Waals surface area contributed by atoms with E-state index in [0.717, 1.165) is 29.5 Å². The van der Waals surface area contributed by atoms with Gasteiger partial charge in [0.05, 0.1) is 10.5 Å². The van der Waals surface area contributed by atoms with E-state index in [1.165, 1.54) is 5.56 Å². The first-order valence-corrected chi connectivity index (χ1v) is 9.26. The molecule has 2 bridgehead atoms. The summed E-state index contributed by atoms with van der Waals surface area (Å²) >= 11 is 0. The van der Waals surface area contributed by atoms with Gasteiger partial charge in [-0.2, -0.15) is 0 Å². The lowest BCUT2D eigenvalue weighted by atomic mass is 9.87. The first-order valence-electron chi connectivity index (χ1n) is 7.65. The van der Waals surface area contributed by atoms with Gasteiger partial charge in [0.1, 0.15) is 0 Å². The molecule has 0 amide bonds. The SMILES string of the molecule is Cc1cc(C)c(C(=O)C2CC3CCC(C2)S3(=O)=O)cc1C. The van der Waals surface area contributed by atoms with E-state index in [1.54, 1.807) is 0 Å². The quantitative estimate of drug-likeness (QED) is 0.789. The highest BCUT2D eigenvalue weighted by atomic mass is 32.2. The molecule has 114 valence electrons.